The summed E-state index contributed by atoms with van der Waals surface area (Å²) in [5.41, 5.74) is -0.208. The normalized spacial score (nSPS) is 17.8. The average molecular weight is 157 g/mol. The van der Waals surface area contributed by atoms with Crippen molar-refractivity contribution in [1.29, 1.82) is 0 Å². The third-order valence-corrected chi connectivity index (χ3v) is 1.21. The lowest BCUT2D eigenvalue weighted by atomic mass is 10.2. The van der Waals surface area contributed by atoms with Gasteiger partial charge in [0.2, 0.25) is 0 Å². The molecule has 2 nitrogen and oxygen atoms in total. The molecule has 0 radical (unpaired) electrons. The van der Waals surface area contributed by atoms with Crippen LogP contribution in [0.4, 0.5) is 8.78 Å². The third-order valence-electron chi connectivity index (χ3n) is 1.21. The van der Waals surface area contributed by atoms with Gasteiger partial charge in [-0.25, -0.2) is 8.78 Å². The van der Waals surface area contributed by atoms with Crippen LogP contribution in [0, 0.1) is 0 Å². The highest BCUT2D eigenvalue weighted by atomic mass is 19.1. The van der Waals surface area contributed by atoms with Crippen molar-refractivity contribution < 1.29 is 13.6 Å². The Bertz CT molecular complexity index is 266. The van der Waals surface area contributed by atoms with Gasteiger partial charge in [0.05, 0.1) is 12.4 Å². The average Bonchev–Trinajstić information content (AvgIpc) is 2.13. The molecule has 0 atom stereocenters. The minimum absolute atomic E-state index is 0.208. The van der Waals surface area contributed by atoms with Gasteiger partial charge in [0.25, 0.3) is 0 Å². The van der Waals surface area contributed by atoms with Crippen LogP contribution in [0.5, 0.6) is 0 Å². The van der Waals surface area contributed by atoms with E-state index in [1.165, 1.54) is 0 Å². The number of aldehydes is 1. The second kappa shape index (κ2) is 3.18. The molecule has 0 aromatic rings. The standard InChI is InChI=1S/C7H5F2NO/c8-6-1-5(4-11)7(9)3-10-2-6/h2-4H,1H2. The summed E-state index contributed by atoms with van der Waals surface area (Å²) in [5, 5.41) is 0. The van der Waals surface area contributed by atoms with Crippen molar-refractivity contribution in [1.82, 2.24) is 0 Å². The first-order valence-electron chi connectivity index (χ1n) is 2.95. The monoisotopic (exact) mass is 157 g/mol. The van der Waals surface area contributed by atoms with Crippen molar-refractivity contribution in [3.63, 3.8) is 0 Å². The fourth-order valence-electron chi connectivity index (χ4n) is 0.676. The molecule has 0 unspecified atom stereocenters. The largest absolute Gasteiger partial charge is 0.298 e. The van der Waals surface area contributed by atoms with Crippen LogP contribution in [-0.2, 0) is 4.79 Å². The van der Waals surface area contributed by atoms with E-state index < -0.39 is 11.7 Å². The molecule has 58 valence electrons. The maximum atomic E-state index is 12.6. The van der Waals surface area contributed by atoms with Crippen LogP contribution < -0.4 is 0 Å². The molecule has 1 aliphatic heterocycles. The first-order chi connectivity index (χ1) is 5.24. The fourth-order valence-corrected chi connectivity index (χ4v) is 0.676. The lowest BCUT2D eigenvalue weighted by molar-refractivity contribution is -0.105. The molecule has 0 aliphatic carbocycles. The SMILES string of the molecule is O=CC1=C(F)C=NC=C(F)C1. The van der Waals surface area contributed by atoms with Crippen molar-refractivity contribution in [3.05, 3.63) is 23.4 Å². The van der Waals surface area contributed by atoms with E-state index in [0.29, 0.717) is 6.29 Å². The minimum atomic E-state index is -0.774. The minimum Gasteiger partial charge on any atom is -0.298 e. The highest BCUT2D eigenvalue weighted by molar-refractivity contribution is 5.88. The molecule has 1 heterocycles. The molecule has 1 rings (SSSR count). The number of aliphatic imine (C=N–C) groups is 1. The maximum absolute atomic E-state index is 12.6. The van der Waals surface area contributed by atoms with Gasteiger partial charge in [-0.1, -0.05) is 0 Å². The molecule has 0 N–H and O–H groups in total. The molecule has 4 heteroatoms. The smallest absolute Gasteiger partial charge is 0.149 e. The summed E-state index contributed by atoms with van der Waals surface area (Å²) in [5.74, 6) is -1.39. The highest BCUT2D eigenvalue weighted by Crippen LogP contribution is 2.17. The van der Waals surface area contributed by atoms with Crippen LogP contribution >= 0.6 is 0 Å². The van der Waals surface area contributed by atoms with Crippen LogP contribution in [0.3, 0.4) is 0 Å². The third kappa shape index (κ3) is 1.80. The van der Waals surface area contributed by atoms with Crippen LogP contribution in [-0.4, -0.2) is 12.5 Å². The number of hydrogen-bond acceptors (Lipinski definition) is 2. The topological polar surface area (TPSA) is 29.4 Å². The molecule has 0 fully saturated rings. The number of carbonyl (C=O) groups is 1. The first-order valence-corrected chi connectivity index (χ1v) is 2.95. The predicted molar refractivity (Wildman–Crippen MR) is 36.5 cm³/mol. The predicted octanol–water partition coefficient (Wildman–Crippen LogP) is 1.69. The summed E-state index contributed by atoms with van der Waals surface area (Å²) in [6.07, 6.45) is 1.68. The quantitative estimate of drug-likeness (QED) is 0.532. The van der Waals surface area contributed by atoms with Gasteiger partial charge in [-0.15, -0.1) is 0 Å². The van der Waals surface area contributed by atoms with Crippen molar-refractivity contribution in [2.24, 2.45) is 4.99 Å². The molecule has 0 amide bonds. The lowest BCUT2D eigenvalue weighted by Gasteiger charge is -1.92. The molecular formula is C7H5F2NO. The zero-order valence-corrected chi connectivity index (χ0v) is 5.55. The number of allylic oxidation sites excluding steroid dienone is 3. The van der Waals surface area contributed by atoms with Gasteiger partial charge in [-0.05, 0) is 0 Å². The number of hydrogen-bond donors (Lipinski definition) is 0. The summed E-state index contributed by atoms with van der Waals surface area (Å²) in [6.45, 7) is 0. The Morgan fingerprint density at radius 3 is 2.91 bits per heavy atom. The highest BCUT2D eigenvalue weighted by Gasteiger charge is 2.08. The summed E-state index contributed by atoms with van der Waals surface area (Å²) in [4.78, 5) is 13.4. The Kier molecular flexibility index (Phi) is 2.25. The summed E-state index contributed by atoms with van der Waals surface area (Å²) in [7, 11) is 0. The summed E-state index contributed by atoms with van der Waals surface area (Å²) >= 11 is 0. The molecule has 0 saturated carbocycles. The second-order valence-corrected chi connectivity index (χ2v) is 2.02. The van der Waals surface area contributed by atoms with E-state index in [1.807, 2.05) is 0 Å². The number of nitrogens with zero attached hydrogens (tertiary/aromatic N) is 1. The van der Waals surface area contributed by atoms with Crippen LogP contribution in [0.15, 0.2) is 28.4 Å². The summed E-state index contributed by atoms with van der Waals surface area (Å²) in [6, 6.07) is 0. The zero-order chi connectivity index (χ0) is 8.27. The van der Waals surface area contributed by atoms with E-state index in [2.05, 4.69) is 4.99 Å². The molecule has 1 aliphatic rings. The van der Waals surface area contributed by atoms with Crippen molar-refractivity contribution >= 4 is 12.5 Å². The second-order valence-electron chi connectivity index (χ2n) is 2.02. The van der Waals surface area contributed by atoms with Crippen LogP contribution in [0.2, 0.25) is 0 Å². The van der Waals surface area contributed by atoms with Crippen molar-refractivity contribution in [2.75, 3.05) is 0 Å². The van der Waals surface area contributed by atoms with E-state index in [4.69, 9.17) is 0 Å². The molecular weight excluding hydrogens is 152 g/mol. The molecule has 0 aromatic carbocycles. The number of halogens is 2. The molecule has 0 spiro atoms. The zero-order valence-electron chi connectivity index (χ0n) is 5.55. The maximum Gasteiger partial charge on any atom is 0.149 e. The van der Waals surface area contributed by atoms with Gasteiger partial charge in [0, 0.05) is 12.0 Å². The van der Waals surface area contributed by atoms with Gasteiger partial charge in [0.15, 0.2) is 0 Å². The van der Waals surface area contributed by atoms with E-state index in [0.717, 1.165) is 12.4 Å². The Hall–Kier alpha value is -1.32. The number of carbonyl (C=O) groups excluding carboxylic acids is 1. The van der Waals surface area contributed by atoms with E-state index in [-0.39, 0.29) is 12.0 Å². The van der Waals surface area contributed by atoms with Gasteiger partial charge in [-0.2, -0.15) is 0 Å². The van der Waals surface area contributed by atoms with Gasteiger partial charge in [-0.3, -0.25) is 9.79 Å². The molecule has 11 heavy (non-hydrogen) atoms. The summed E-state index contributed by atoms with van der Waals surface area (Å²) < 4.78 is 25.0. The van der Waals surface area contributed by atoms with Crippen molar-refractivity contribution in [2.45, 2.75) is 6.42 Å². The lowest BCUT2D eigenvalue weighted by Crippen LogP contribution is -1.89. The van der Waals surface area contributed by atoms with Crippen LogP contribution in [0.25, 0.3) is 0 Å². The Balaban J connectivity index is 2.98. The van der Waals surface area contributed by atoms with E-state index in [9.17, 15) is 13.6 Å². The first kappa shape index (κ1) is 7.78. The Morgan fingerprint density at radius 1 is 1.55 bits per heavy atom. The molecule has 0 aromatic heterocycles. The van der Waals surface area contributed by atoms with Gasteiger partial charge >= 0.3 is 0 Å². The van der Waals surface area contributed by atoms with Crippen molar-refractivity contribution in [3.8, 4) is 0 Å². The Labute approximate surface area is 61.9 Å². The van der Waals surface area contributed by atoms with Crippen LogP contribution in [0.1, 0.15) is 6.42 Å². The van der Waals surface area contributed by atoms with Gasteiger partial charge < -0.3 is 0 Å². The van der Waals surface area contributed by atoms with E-state index in [1.54, 1.807) is 0 Å². The Morgan fingerprint density at radius 2 is 2.27 bits per heavy atom. The van der Waals surface area contributed by atoms with Gasteiger partial charge in [0.1, 0.15) is 17.9 Å². The molecule has 0 bridgehead atoms. The fraction of sp³-hybridized carbons (Fsp3) is 0.143. The van der Waals surface area contributed by atoms with E-state index >= 15 is 0 Å². The number of rotatable bonds is 1. The molecule has 0 saturated heterocycles.